The van der Waals surface area contributed by atoms with Gasteiger partial charge in [-0.25, -0.2) is 8.78 Å². The number of benzene rings is 4. The van der Waals surface area contributed by atoms with E-state index < -0.39 is 0 Å². The number of rotatable bonds is 12. The van der Waals surface area contributed by atoms with Crippen LogP contribution in [0.15, 0.2) is 97.1 Å². The van der Waals surface area contributed by atoms with Crippen molar-refractivity contribution >= 4 is 35.0 Å². The van der Waals surface area contributed by atoms with Gasteiger partial charge in [0.25, 0.3) is 0 Å². The average molecular weight is 817 g/mol. The minimum absolute atomic E-state index is 0.00216. The lowest BCUT2D eigenvalue weighted by Crippen LogP contribution is -2.24. The molecule has 2 saturated carbocycles. The zero-order chi connectivity index (χ0) is 41.8. The standard InChI is InChI=1S/2C25H29FN2O2/c2*26-22-10-12-23(13-11-22)27-24(29)16-18-6-8-20(9-7-18)21-4-1-3-19(15-21)17-28-14-2-5-25(28)30/h2*1,3-4,10-13,15,18,20H,2,5-9,14,16-17H2,(H,27,29). The molecule has 2 saturated heterocycles. The molecular weight excluding hydrogens is 759 g/mol. The number of hydrogen-bond acceptors (Lipinski definition) is 4. The predicted octanol–water partition coefficient (Wildman–Crippen LogP) is 10.5. The van der Waals surface area contributed by atoms with Crippen LogP contribution in [0.3, 0.4) is 0 Å². The molecule has 8 rings (SSSR count). The Labute approximate surface area is 353 Å². The number of carbonyl (C=O) groups is 4. The van der Waals surface area contributed by atoms with Gasteiger partial charge in [0.05, 0.1) is 0 Å². The second-order valence-electron chi connectivity index (χ2n) is 17.3. The third-order valence-corrected chi connectivity index (χ3v) is 12.8. The van der Waals surface area contributed by atoms with Gasteiger partial charge in [-0.3, -0.25) is 19.2 Å². The van der Waals surface area contributed by atoms with E-state index in [9.17, 15) is 28.0 Å². The maximum absolute atomic E-state index is 13.0. The molecule has 0 aromatic heterocycles. The fourth-order valence-electron chi connectivity index (χ4n) is 9.49. The number of carbonyl (C=O) groups excluding carboxylic acids is 4. The number of nitrogens with one attached hydrogen (secondary N) is 2. The normalized spacial score (nSPS) is 21.6. The van der Waals surface area contributed by atoms with Gasteiger partial charge in [0.1, 0.15) is 11.6 Å². The van der Waals surface area contributed by atoms with Gasteiger partial charge in [0.15, 0.2) is 0 Å². The van der Waals surface area contributed by atoms with Crippen LogP contribution in [0.4, 0.5) is 20.2 Å². The molecular formula is C50H58F2N4O4. The molecule has 0 atom stereocenters. The molecule has 0 radical (unpaired) electrons. The highest BCUT2D eigenvalue weighted by molar-refractivity contribution is 5.91. The highest BCUT2D eigenvalue weighted by atomic mass is 19.1. The van der Waals surface area contributed by atoms with Crippen molar-refractivity contribution in [2.75, 3.05) is 23.7 Å². The molecule has 2 aliphatic heterocycles. The highest BCUT2D eigenvalue weighted by Gasteiger charge is 2.27. The Hall–Kier alpha value is -5.38. The van der Waals surface area contributed by atoms with Crippen LogP contribution in [0.2, 0.25) is 0 Å². The zero-order valence-corrected chi connectivity index (χ0v) is 34.6. The topological polar surface area (TPSA) is 98.8 Å². The molecule has 4 aliphatic rings. The summed E-state index contributed by atoms with van der Waals surface area (Å²) < 4.78 is 26.0. The summed E-state index contributed by atoms with van der Waals surface area (Å²) in [7, 11) is 0. The van der Waals surface area contributed by atoms with Crippen molar-refractivity contribution in [2.45, 2.75) is 115 Å². The third kappa shape index (κ3) is 12.3. The van der Waals surface area contributed by atoms with Gasteiger partial charge >= 0.3 is 0 Å². The van der Waals surface area contributed by atoms with E-state index in [0.717, 1.165) is 77.3 Å². The van der Waals surface area contributed by atoms with Crippen LogP contribution in [-0.2, 0) is 32.3 Å². The van der Waals surface area contributed by atoms with Crippen molar-refractivity contribution < 1.29 is 28.0 Å². The molecule has 0 bridgehead atoms. The fourth-order valence-corrected chi connectivity index (χ4v) is 9.49. The van der Waals surface area contributed by atoms with E-state index in [4.69, 9.17) is 0 Å². The smallest absolute Gasteiger partial charge is 0.224 e. The van der Waals surface area contributed by atoms with Crippen LogP contribution < -0.4 is 10.6 Å². The maximum Gasteiger partial charge on any atom is 0.224 e. The molecule has 8 nitrogen and oxygen atoms in total. The number of likely N-dealkylation sites (tertiary alicyclic amines) is 2. The molecule has 4 aromatic rings. The first-order valence-electron chi connectivity index (χ1n) is 22.0. The SMILES string of the molecule is O=C(CC1CCC(c2cccc(CN3CCCC3=O)c2)CC1)Nc1ccc(F)cc1.O=C(CC1CCC(c2cccc(CN3CCCC3=O)c2)CC1)Nc1ccc(F)cc1. The van der Waals surface area contributed by atoms with Gasteiger partial charge in [0.2, 0.25) is 23.6 Å². The first-order chi connectivity index (χ1) is 29.1. The summed E-state index contributed by atoms with van der Waals surface area (Å²) in [4.78, 5) is 52.3. The van der Waals surface area contributed by atoms with Crippen LogP contribution in [0.5, 0.6) is 0 Å². The van der Waals surface area contributed by atoms with Crippen LogP contribution in [0.1, 0.15) is 124 Å². The number of hydrogen-bond donors (Lipinski definition) is 2. The van der Waals surface area contributed by atoms with Crippen molar-refractivity contribution in [3.05, 3.63) is 131 Å². The van der Waals surface area contributed by atoms with Crippen LogP contribution in [0, 0.1) is 23.5 Å². The fraction of sp³-hybridized carbons (Fsp3) is 0.440. The van der Waals surface area contributed by atoms with E-state index in [1.165, 1.54) is 46.5 Å². The Morgan fingerprint density at radius 2 is 0.917 bits per heavy atom. The Bertz CT molecular complexity index is 1930. The van der Waals surface area contributed by atoms with E-state index in [0.29, 0.717) is 73.8 Å². The van der Waals surface area contributed by atoms with Crippen LogP contribution >= 0.6 is 0 Å². The molecule has 60 heavy (non-hydrogen) atoms. The number of amides is 4. The largest absolute Gasteiger partial charge is 0.338 e. The lowest BCUT2D eigenvalue weighted by molar-refractivity contribution is -0.129. The molecule has 316 valence electrons. The summed E-state index contributed by atoms with van der Waals surface area (Å²) in [5.41, 5.74) is 6.42. The molecule has 2 N–H and O–H groups in total. The van der Waals surface area contributed by atoms with Crippen molar-refractivity contribution in [1.82, 2.24) is 9.80 Å². The second-order valence-corrected chi connectivity index (χ2v) is 17.3. The summed E-state index contributed by atoms with van der Waals surface area (Å²) >= 11 is 0. The van der Waals surface area contributed by atoms with Gasteiger partial charge in [-0.05, 0) is 159 Å². The molecule has 4 amide bonds. The average Bonchev–Trinajstić information content (AvgIpc) is 3.86. The van der Waals surface area contributed by atoms with Gasteiger partial charge < -0.3 is 20.4 Å². The predicted molar refractivity (Wildman–Crippen MR) is 231 cm³/mol. The van der Waals surface area contributed by atoms with E-state index in [-0.39, 0.29) is 35.3 Å². The lowest BCUT2D eigenvalue weighted by atomic mass is 9.77. The molecule has 0 unspecified atom stereocenters. The lowest BCUT2D eigenvalue weighted by Gasteiger charge is -2.29. The van der Waals surface area contributed by atoms with Gasteiger partial charge in [0, 0.05) is 63.2 Å². The zero-order valence-electron chi connectivity index (χ0n) is 34.6. The van der Waals surface area contributed by atoms with Crippen LogP contribution in [-0.4, -0.2) is 46.5 Å². The Morgan fingerprint density at radius 1 is 0.533 bits per heavy atom. The highest BCUT2D eigenvalue weighted by Crippen LogP contribution is 2.39. The second kappa shape index (κ2) is 20.7. The summed E-state index contributed by atoms with van der Waals surface area (Å²) in [6, 6.07) is 29.1. The van der Waals surface area contributed by atoms with E-state index in [1.54, 1.807) is 24.3 Å². The van der Waals surface area contributed by atoms with Crippen molar-refractivity contribution in [1.29, 1.82) is 0 Å². The summed E-state index contributed by atoms with van der Waals surface area (Å²) in [5, 5.41) is 5.73. The first-order valence-corrected chi connectivity index (χ1v) is 22.0. The Morgan fingerprint density at radius 3 is 1.27 bits per heavy atom. The van der Waals surface area contributed by atoms with Crippen LogP contribution in [0.25, 0.3) is 0 Å². The minimum Gasteiger partial charge on any atom is -0.338 e. The quantitative estimate of drug-likeness (QED) is 0.149. The summed E-state index contributed by atoms with van der Waals surface area (Å²) in [6.45, 7) is 3.17. The molecule has 0 spiro atoms. The number of nitrogens with zero attached hydrogens (tertiary/aromatic N) is 2. The summed E-state index contributed by atoms with van der Waals surface area (Å²) in [5.74, 6) is 1.76. The van der Waals surface area contributed by atoms with Crippen molar-refractivity contribution in [2.24, 2.45) is 11.8 Å². The van der Waals surface area contributed by atoms with E-state index in [1.807, 2.05) is 9.80 Å². The van der Waals surface area contributed by atoms with Gasteiger partial charge in [-0.1, -0.05) is 48.5 Å². The molecule has 2 heterocycles. The number of halogens is 2. The molecule has 2 aliphatic carbocycles. The maximum atomic E-state index is 13.0. The van der Waals surface area contributed by atoms with Crippen molar-refractivity contribution in [3.8, 4) is 0 Å². The monoisotopic (exact) mass is 816 g/mol. The van der Waals surface area contributed by atoms with Gasteiger partial charge in [-0.2, -0.15) is 0 Å². The van der Waals surface area contributed by atoms with E-state index in [2.05, 4.69) is 59.2 Å². The van der Waals surface area contributed by atoms with Gasteiger partial charge in [-0.15, -0.1) is 0 Å². The molecule has 4 aromatic carbocycles. The third-order valence-electron chi connectivity index (χ3n) is 12.8. The Kier molecular flexibility index (Phi) is 14.8. The Balaban J connectivity index is 0.000000181. The minimum atomic E-state index is -0.303. The first kappa shape index (κ1) is 42.7. The van der Waals surface area contributed by atoms with Crippen molar-refractivity contribution in [3.63, 3.8) is 0 Å². The summed E-state index contributed by atoms with van der Waals surface area (Å²) in [6.07, 6.45) is 12.8. The molecule has 10 heteroatoms. The number of anilines is 2. The van der Waals surface area contributed by atoms with E-state index >= 15 is 0 Å². The molecule has 4 fully saturated rings.